The molecule has 0 saturated heterocycles. The number of carbonyl (C=O) groups excluding carboxylic acids is 1. The van der Waals surface area contributed by atoms with E-state index in [0.717, 1.165) is 6.20 Å². The summed E-state index contributed by atoms with van der Waals surface area (Å²) in [5.74, 6) is -0.400. The van der Waals surface area contributed by atoms with Crippen LogP contribution in [0.5, 0.6) is 0 Å². The van der Waals surface area contributed by atoms with Crippen molar-refractivity contribution in [2.45, 2.75) is 13.1 Å². The largest absolute Gasteiger partial charge is 0.443 e. The number of hydrogen-bond acceptors (Lipinski definition) is 3. The van der Waals surface area contributed by atoms with Gasteiger partial charge in [0.2, 0.25) is 0 Å². The van der Waals surface area contributed by atoms with E-state index in [1.165, 1.54) is 6.92 Å². The van der Waals surface area contributed by atoms with Gasteiger partial charge in [0.15, 0.2) is 10.8 Å². The molecule has 2 nitrogen and oxygen atoms in total. The summed E-state index contributed by atoms with van der Waals surface area (Å²) in [5.41, 5.74) is 0. The minimum absolute atomic E-state index is 0.0299. The number of alkyl halides is 3. The van der Waals surface area contributed by atoms with Crippen LogP contribution in [0.25, 0.3) is 0 Å². The molecule has 0 aliphatic rings. The lowest BCUT2D eigenvalue weighted by molar-refractivity contribution is -0.137. The van der Waals surface area contributed by atoms with Crippen molar-refractivity contribution in [3.8, 4) is 0 Å². The lowest BCUT2D eigenvalue weighted by atomic mass is 10.4. The predicted octanol–water partition coefficient (Wildman–Crippen LogP) is 2.36. The Morgan fingerprint density at radius 3 is 2.42 bits per heavy atom. The zero-order valence-corrected chi connectivity index (χ0v) is 6.79. The van der Waals surface area contributed by atoms with Crippen LogP contribution in [0.15, 0.2) is 6.20 Å². The third-order valence-corrected chi connectivity index (χ3v) is 2.24. The quantitative estimate of drug-likeness (QED) is 0.644. The zero-order chi connectivity index (χ0) is 9.35. The van der Waals surface area contributed by atoms with Gasteiger partial charge in [0.25, 0.3) is 0 Å². The fourth-order valence-corrected chi connectivity index (χ4v) is 1.25. The van der Waals surface area contributed by atoms with Gasteiger partial charge in [-0.15, -0.1) is 11.3 Å². The molecule has 0 saturated carbocycles. The van der Waals surface area contributed by atoms with E-state index in [2.05, 4.69) is 4.98 Å². The standard InChI is InChI=1S/C6H4F3NOS/c1-3(11)4-2-10-5(12-4)6(7,8)9/h2H,1H3. The highest BCUT2D eigenvalue weighted by molar-refractivity contribution is 7.13. The van der Waals surface area contributed by atoms with Crippen LogP contribution in [0.3, 0.4) is 0 Å². The van der Waals surface area contributed by atoms with Crippen LogP contribution in [0.1, 0.15) is 21.6 Å². The topological polar surface area (TPSA) is 30.0 Å². The summed E-state index contributed by atoms with van der Waals surface area (Å²) in [6.07, 6.45) is -3.51. The molecule has 0 bridgehead atoms. The predicted molar refractivity (Wildman–Crippen MR) is 37.1 cm³/mol. The van der Waals surface area contributed by atoms with Crippen LogP contribution in [0.4, 0.5) is 13.2 Å². The highest BCUT2D eigenvalue weighted by Gasteiger charge is 2.34. The van der Waals surface area contributed by atoms with Gasteiger partial charge in [0, 0.05) is 13.1 Å². The number of carbonyl (C=O) groups is 1. The number of rotatable bonds is 1. The Morgan fingerprint density at radius 1 is 1.58 bits per heavy atom. The summed E-state index contributed by atoms with van der Waals surface area (Å²) in [6, 6.07) is 0. The fraction of sp³-hybridized carbons (Fsp3) is 0.333. The second-order valence-corrected chi connectivity index (χ2v) is 3.11. The Balaban J connectivity index is 3.00. The number of halogens is 3. The highest BCUT2D eigenvalue weighted by atomic mass is 32.1. The third kappa shape index (κ3) is 1.82. The summed E-state index contributed by atoms with van der Waals surface area (Å²) in [5, 5.41) is -0.979. The van der Waals surface area contributed by atoms with E-state index < -0.39 is 17.0 Å². The number of thiazole rings is 1. The molecule has 6 heteroatoms. The normalized spacial score (nSPS) is 11.7. The summed E-state index contributed by atoms with van der Waals surface area (Å²) in [7, 11) is 0. The van der Waals surface area contributed by atoms with E-state index >= 15 is 0 Å². The number of Topliss-reactive ketones (excluding diaryl/α,β-unsaturated/α-hetero) is 1. The van der Waals surface area contributed by atoms with Gasteiger partial charge in [0.1, 0.15) is 0 Å². The maximum absolute atomic E-state index is 11.9. The Hall–Kier alpha value is -0.910. The number of nitrogens with zero attached hydrogens (tertiary/aromatic N) is 1. The molecule has 0 amide bonds. The molecule has 0 atom stereocenters. The second-order valence-electron chi connectivity index (χ2n) is 2.08. The van der Waals surface area contributed by atoms with Crippen molar-refractivity contribution in [1.82, 2.24) is 4.98 Å². The van der Waals surface area contributed by atoms with E-state index in [1.54, 1.807) is 0 Å². The first-order valence-electron chi connectivity index (χ1n) is 2.95. The van der Waals surface area contributed by atoms with Crippen LogP contribution < -0.4 is 0 Å². The Bertz CT molecular complexity index is 304. The third-order valence-electron chi connectivity index (χ3n) is 1.10. The molecule has 1 aromatic rings. The molecule has 0 aliphatic heterocycles. The summed E-state index contributed by atoms with van der Waals surface area (Å²) in [6.45, 7) is 1.20. The van der Waals surface area contributed by atoms with Crippen LogP contribution in [-0.4, -0.2) is 10.8 Å². The maximum atomic E-state index is 11.9. The number of aromatic nitrogens is 1. The maximum Gasteiger partial charge on any atom is 0.443 e. The minimum Gasteiger partial charge on any atom is -0.294 e. The van der Waals surface area contributed by atoms with Gasteiger partial charge in [-0.25, -0.2) is 4.98 Å². The molecule has 0 spiro atoms. The first-order chi connectivity index (χ1) is 5.41. The Kier molecular flexibility index (Phi) is 2.18. The van der Waals surface area contributed by atoms with Crippen molar-refractivity contribution in [2.75, 3.05) is 0 Å². The first kappa shape index (κ1) is 9.18. The molecule has 0 radical (unpaired) electrons. The summed E-state index contributed by atoms with van der Waals surface area (Å²) < 4.78 is 35.7. The van der Waals surface area contributed by atoms with E-state index in [1.807, 2.05) is 0 Å². The number of hydrogen-bond donors (Lipinski definition) is 0. The van der Waals surface area contributed by atoms with Gasteiger partial charge in [-0.05, 0) is 0 Å². The van der Waals surface area contributed by atoms with Crippen LogP contribution in [-0.2, 0) is 6.18 Å². The van der Waals surface area contributed by atoms with Crippen molar-refractivity contribution < 1.29 is 18.0 Å². The van der Waals surface area contributed by atoms with Crippen molar-refractivity contribution in [2.24, 2.45) is 0 Å². The van der Waals surface area contributed by atoms with Crippen molar-refractivity contribution >= 4 is 17.1 Å². The average Bonchev–Trinajstić information content (AvgIpc) is 2.30. The van der Waals surface area contributed by atoms with Gasteiger partial charge < -0.3 is 0 Å². The second kappa shape index (κ2) is 2.85. The molecular weight excluding hydrogens is 191 g/mol. The van der Waals surface area contributed by atoms with Gasteiger partial charge >= 0.3 is 6.18 Å². The van der Waals surface area contributed by atoms with Crippen molar-refractivity contribution in [3.63, 3.8) is 0 Å². The monoisotopic (exact) mass is 195 g/mol. The van der Waals surface area contributed by atoms with Crippen molar-refractivity contribution in [1.29, 1.82) is 0 Å². The van der Waals surface area contributed by atoms with Gasteiger partial charge in [-0.2, -0.15) is 13.2 Å². The average molecular weight is 195 g/mol. The van der Waals surface area contributed by atoms with Gasteiger partial charge in [0.05, 0.1) is 4.88 Å². The molecule has 12 heavy (non-hydrogen) atoms. The van der Waals surface area contributed by atoms with Gasteiger partial charge in [-0.1, -0.05) is 0 Å². The zero-order valence-electron chi connectivity index (χ0n) is 5.97. The highest BCUT2D eigenvalue weighted by Crippen LogP contribution is 2.32. The summed E-state index contributed by atoms with van der Waals surface area (Å²) in [4.78, 5) is 13.7. The minimum atomic E-state index is -4.45. The van der Waals surface area contributed by atoms with E-state index in [-0.39, 0.29) is 4.88 Å². The summed E-state index contributed by atoms with van der Waals surface area (Å²) >= 11 is 0.362. The van der Waals surface area contributed by atoms with Gasteiger partial charge in [-0.3, -0.25) is 4.79 Å². The van der Waals surface area contributed by atoms with Crippen molar-refractivity contribution in [3.05, 3.63) is 16.1 Å². The van der Waals surface area contributed by atoms with Crippen LogP contribution >= 0.6 is 11.3 Å². The fourth-order valence-electron chi connectivity index (χ4n) is 0.568. The van der Waals surface area contributed by atoms with E-state index in [0.29, 0.717) is 11.3 Å². The van der Waals surface area contributed by atoms with E-state index in [4.69, 9.17) is 0 Å². The lowest BCUT2D eigenvalue weighted by Gasteiger charge is -1.98. The lowest BCUT2D eigenvalue weighted by Crippen LogP contribution is -2.02. The smallest absolute Gasteiger partial charge is 0.294 e. The molecule has 0 fully saturated rings. The molecule has 0 N–H and O–H groups in total. The Labute approximate surface area is 70.0 Å². The molecular formula is C6H4F3NOS. The SMILES string of the molecule is CC(=O)c1cnc(C(F)(F)F)s1. The first-order valence-corrected chi connectivity index (χ1v) is 3.77. The van der Waals surface area contributed by atoms with Crippen LogP contribution in [0.2, 0.25) is 0 Å². The molecule has 0 aliphatic carbocycles. The molecule has 1 rings (SSSR count). The number of ketones is 1. The molecule has 1 heterocycles. The Morgan fingerprint density at radius 2 is 2.17 bits per heavy atom. The van der Waals surface area contributed by atoms with Crippen LogP contribution in [0, 0.1) is 0 Å². The van der Waals surface area contributed by atoms with E-state index in [9.17, 15) is 18.0 Å². The molecule has 66 valence electrons. The molecule has 0 aromatic carbocycles. The molecule has 1 aromatic heterocycles. The molecule has 0 unspecified atom stereocenters.